The maximum Gasteiger partial charge on any atom is 0.295 e. The second-order valence-electron chi connectivity index (χ2n) is 7.74. The van der Waals surface area contributed by atoms with Gasteiger partial charge in [-0.15, -0.1) is 5.10 Å². The molecule has 4 aromatic rings. The Balaban J connectivity index is 1.81. The Morgan fingerprint density at radius 1 is 0.903 bits per heavy atom. The van der Waals surface area contributed by atoms with Crippen molar-refractivity contribution in [3.63, 3.8) is 0 Å². The van der Waals surface area contributed by atoms with Crippen LogP contribution in [0.4, 0.5) is 5.69 Å². The summed E-state index contributed by atoms with van der Waals surface area (Å²) in [7, 11) is 0. The summed E-state index contributed by atoms with van der Waals surface area (Å²) in [6, 6.07) is 19.4. The molecule has 5 nitrogen and oxygen atoms in total. The highest BCUT2D eigenvalue weighted by Gasteiger charge is 2.20. The molecular weight excluding hydrogens is 408 g/mol. The first kappa shape index (κ1) is 20.8. The Morgan fingerprint density at radius 3 is 2.39 bits per heavy atom. The van der Waals surface area contributed by atoms with E-state index in [1.807, 2.05) is 82.3 Å². The average Bonchev–Trinajstić information content (AvgIpc) is 3.17. The number of anilines is 1. The normalized spacial score (nSPS) is 10.9. The summed E-state index contributed by atoms with van der Waals surface area (Å²) in [4.78, 5) is 17.6. The summed E-state index contributed by atoms with van der Waals surface area (Å²) in [6.45, 7) is 8.01. The lowest BCUT2D eigenvalue weighted by Gasteiger charge is -2.10. The van der Waals surface area contributed by atoms with Crippen LogP contribution in [-0.4, -0.2) is 20.7 Å². The second kappa shape index (κ2) is 8.36. The van der Waals surface area contributed by atoms with Crippen molar-refractivity contribution in [2.75, 3.05) is 5.32 Å². The molecule has 0 aliphatic heterocycles. The lowest BCUT2D eigenvalue weighted by Crippen LogP contribution is -2.15. The van der Waals surface area contributed by atoms with Crippen LogP contribution in [0.5, 0.6) is 0 Å². The second-order valence-corrected chi connectivity index (χ2v) is 8.18. The molecule has 0 fully saturated rings. The van der Waals surface area contributed by atoms with Crippen molar-refractivity contribution < 1.29 is 4.79 Å². The van der Waals surface area contributed by atoms with Crippen molar-refractivity contribution in [3.8, 4) is 17.1 Å². The van der Waals surface area contributed by atoms with Gasteiger partial charge in [-0.3, -0.25) is 4.79 Å². The fourth-order valence-corrected chi connectivity index (χ4v) is 3.66. The molecule has 0 saturated carbocycles. The summed E-state index contributed by atoms with van der Waals surface area (Å²) < 4.78 is 1.71. The number of aromatic nitrogens is 3. The predicted molar refractivity (Wildman–Crippen MR) is 125 cm³/mol. The van der Waals surface area contributed by atoms with Gasteiger partial charge in [-0.2, -0.15) is 0 Å². The van der Waals surface area contributed by atoms with E-state index in [0.29, 0.717) is 10.8 Å². The van der Waals surface area contributed by atoms with E-state index in [4.69, 9.17) is 11.6 Å². The van der Waals surface area contributed by atoms with Crippen LogP contribution in [0.25, 0.3) is 17.1 Å². The predicted octanol–water partition coefficient (Wildman–Crippen LogP) is 6.07. The highest BCUT2D eigenvalue weighted by atomic mass is 35.5. The van der Waals surface area contributed by atoms with Gasteiger partial charge in [0.1, 0.15) is 0 Å². The van der Waals surface area contributed by atoms with E-state index >= 15 is 0 Å². The minimum Gasteiger partial charge on any atom is -0.319 e. The van der Waals surface area contributed by atoms with Gasteiger partial charge in [0.05, 0.1) is 5.69 Å². The fraction of sp³-hybridized carbons (Fsp3) is 0.160. The van der Waals surface area contributed by atoms with Gasteiger partial charge in [0.15, 0.2) is 5.82 Å². The molecule has 1 amide bonds. The Bertz CT molecular complexity index is 1290. The maximum atomic E-state index is 13.0. The largest absolute Gasteiger partial charge is 0.319 e. The molecule has 0 aliphatic rings. The number of carbonyl (C=O) groups is 1. The summed E-state index contributed by atoms with van der Waals surface area (Å²) in [5, 5.41) is 8.11. The van der Waals surface area contributed by atoms with E-state index in [2.05, 4.69) is 15.4 Å². The van der Waals surface area contributed by atoms with Gasteiger partial charge in [-0.1, -0.05) is 53.6 Å². The van der Waals surface area contributed by atoms with Crippen LogP contribution < -0.4 is 5.32 Å². The molecule has 0 atom stereocenters. The van der Waals surface area contributed by atoms with Crippen LogP contribution in [0.15, 0.2) is 60.7 Å². The number of rotatable bonds is 4. The van der Waals surface area contributed by atoms with E-state index in [0.717, 1.165) is 39.2 Å². The monoisotopic (exact) mass is 430 g/mol. The topological polar surface area (TPSA) is 59.8 Å². The Labute approximate surface area is 186 Å². The highest BCUT2D eigenvalue weighted by Crippen LogP contribution is 2.26. The van der Waals surface area contributed by atoms with E-state index < -0.39 is 0 Å². The van der Waals surface area contributed by atoms with Crippen LogP contribution in [0.2, 0.25) is 5.02 Å². The van der Waals surface area contributed by atoms with E-state index in [1.165, 1.54) is 0 Å². The van der Waals surface area contributed by atoms with Crippen LogP contribution in [-0.2, 0) is 0 Å². The highest BCUT2D eigenvalue weighted by molar-refractivity contribution is 6.30. The number of hydrogen-bond acceptors (Lipinski definition) is 3. The fourth-order valence-electron chi connectivity index (χ4n) is 3.47. The smallest absolute Gasteiger partial charge is 0.295 e. The zero-order valence-electron chi connectivity index (χ0n) is 17.9. The van der Waals surface area contributed by atoms with E-state index in [-0.39, 0.29) is 11.7 Å². The summed E-state index contributed by atoms with van der Waals surface area (Å²) >= 11 is 6.22. The number of aryl methyl sites for hydroxylation is 4. The van der Waals surface area contributed by atoms with Crippen LogP contribution in [0, 0.1) is 27.7 Å². The van der Waals surface area contributed by atoms with Crippen molar-refractivity contribution in [2.24, 2.45) is 0 Å². The number of halogens is 1. The Morgan fingerprint density at radius 2 is 1.65 bits per heavy atom. The van der Waals surface area contributed by atoms with Crippen molar-refractivity contribution >= 4 is 23.2 Å². The first-order chi connectivity index (χ1) is 14.8. The minimum atomic E-state index is -0.362. The molecule has 0 aliphatic carbocycles. The summed E-state index contributed by atoms with van der Waals surface area (Å²) in [5.41, 5.74) is 6.63. The standard InChI is InChI=1S/C25H23ClN4O/c1-15-9-11-21(18(4)12-15)27-25(31)23-28-24(19-6-5-7-20(26)14-19)30(29-23)22-13-16(2)8-10-17(22)3/h5-14H,1-4H3,(H,27,31). The molecular formula is C25H23ClN4O. The van der Waals surface area contributed by atoms with Crippen LogP contribution in [0.3, 0.4) is 0 Å². The Kier molecular flexibility index (Phi) is 5.61. The number of nitrogens with one attached hydrogen (secondary N) is 1. The molecule has 3 aromatic carbocycles. The molecule has 0 bridgehead atoms. The minimum absolute atomic E-state index is 0.0934. The molecule has 6 heteroatoms. The third kappa shape index (κ3) is 4.37. The first-order valence-corrected chi connectivity index (χ1v) is 10.4. The van der Waals surface area contributed by atoms with Gasteiger partial charge in [0, 0.05) is 16.3 Å². The van der Waals surface area contributed by atoms with Gasteiger partial charge in [0.2, 0.25) is 5.82 Å². The molecule has 4 rings (SSSR count). The van der Waals surface area contributed by atoms with Crippen LogP contribution >= 0.6 is 11.6 Å². The molecule has 1 N–H and O–H groups in total. The number of benzene rings is 3. The lowest BCUT2D eigenvalue weighted by atomic mass is 10.1. The molecule has 0 unspecified atom stereocenters. The van der Waals surface area contributed by atoms with E-state index in [1.54, 1.807) is 10.7 Å². The lowest BCUT2D eigenvalue weighted by molar-refractivity contribution is 0.101. The third-order valence-corrected chi connectivity index (χ3v) is 5.35. The average molecular weight is 431 g/mol. The zero-order chi connectivity index (χ0) is 22.1. The van der Waals surface area contributed by atoms with Crippen molar-refractivity contribution in [1.82, 2.24) is 14.8 Å². The van der Waals surface area contributed by atoms with Crippen molar-refractivity contribution in [1.29, 1.82) is 0 Å². The zero-order valence-corrected chi connectivity index (χ0v) is 18.7. The van der Waals surface area contributed by atoms with Gasteiger partial charge in [-0.05, 0) is 68.7 Å². The van der Waals surface area contributed by atoms with Gasteiger partial charge < -0.3 is 5.32 Å². The molecule has 0 spiro atoms. The van der Waals surface area contributed by atoms with E-state index in [9.17, 15) is 4.79 Å². The Hall–Kier alpha value is -3.44. The number of amides is 1. The first-order valence-electron chi connectivity index (χ1n) is 10.0. The van der Waals surface area contributed by atoms with Crippen LogP contribution in [0.1, 0.15) is 32.9 Å². The molecule has 1 aromatic heterocycles. The van der Waals surface area contributed by atoms with Gasteiger partial charge >= 0.3 is 0 Å². The number of nitrogens with zero attached hydrogens (tertiary/aromatic N) is 3. The van der Waals surface area contributed by atoms with Gasteiger partial charge in [0.25, 0.3) is 5.91 Å². The summed E-state index contributed by atoms with van der Waals surface area (Å²) in [6.07, 6.45) is 0. The maximum absolute atomic E-state index is 13.0. The quantitative estimate of drug-likeness (QED) is 0.427. The van der Waals surface area contributed by atoms with Crippen molar-refractivity contribution in [3.05, 3.63) is 93.8 Å². The number of hydrogen-bond donors (Lipinski definition) is 1. The SMILES string of the molecule is Cc1ccc(NC(=O)c2nc(-c3cccc(Cl)c3)n(-c3cc(C)ccc3C)n2)c(C)c1. The molecule has 31 heavy (non-hydrogen) atoms. The third-order valence-electron chi connectivity index (χ3n) is 5.12. The molecule has 0 saturated heterocycles. The molecule has 0 radical (unpaired) electrons. The molecule has 1 heterocycles. The van der Waals surface area contributed by atoms with Gasteiger partial charge in [-0.25, -0.2) is 9.67 Å². The number of carbonyl (C=O) groups excluding carboxylic acids is 1. The summed E-state index contributed by atoms with van der Waals surface area (Å²) in [5.74, 6) is 0.289. The molecule has 156 valence electrons. The van der Waals surface area contributed by atoms with Crippen molar-refractivity contribution in [2.45, 2.75) is 27.7 Å².